The van der Waals surface area contributed by atoms with Gasteiger partial charge in [0.25, 0.3) is 0 Å². The number of hydrogen-bond acceptors (Lipinski definition) is 4. The molecule has 0 unspecified atom stereocenters. The molecule has 1 saturated heterocycles. The van der Waals surface area contributed by atoms with Gasteiger partial charge in [-0.15, -0.1) is 0 Å². The maximum absolute atomic E-state index is 12.8. The van der Waals surface area contributed by atoms with Gasteiger partial charge in [0.2, 0.25) is 0 Å². The van der Waals surface area contributed by atoms with Gasteiger partial charge in [0.1, 0.15) is 5.65 Å². The number of carbonyl (C=O) groups excluding carboxylic acids is 1. The number of halogens is 3. The van der Waals surface area contributed by atoms with Crippen LogP contribution in [0.2, 0.25) is 0 Å². The van der Waals surface area contributed by atoms with Gasteiger partial charge in [0, 0.05) is 68.0 Å². The molecule has 0 aliphatic carbocycles. The molecule has 4 heterocycles. The molecule has 5 rings (SSSR count). The molecule has 0 spiro atoms. The van der Waals surface area contributed by atoms with E-state index >= 15 is 0 Å². The number of alkyl halides is 3. The van der Waals surface area contributed by atoms with E-state index < -0.39 is 12.1 Å². The molecular formula is C26H24F3N5O. The molecule has 1 amide bonds. The molecule has 180 valence electrons. The molecule has 6 nitrogen and oxygen atoms in total. The molecule has 9 heteroatoms. The second-order valence-corrected chi connectivity index (χ2v) is 8.73. The van der Waals surface area contributed by atoms with E-state index in [4.69, 9.17) is 4.98 Å². The number of aryl methyl sites for hydroxylation is 1. The number of nitrogens with zero attached hydrogens (tertiary/aromatic N) is 5. The first-order valence-corrected chi connectivity index (χ1v) is 11.4. The molecule has 1 fully saturated rings. The molecule has 1 aromatic carbocycles. The molecule has 0 N–H and O–H groups in total. The standard InChI is InChI=1S/C26H24F3N5O/c1-18-4-6-19(7-5-18)24-22(17-32-11-13-33(14-12-32)25(35)26(27,28)29)34-16-21(8-9-23(34)31-24)20-3-2-10-30-15-20/h2-10,15-16H,11-14,17H2,1H3. The van der Waals surface area contributed by atoms with Gasteiger partial charge in [-0.1, -0.05) is 35.9 Å². The monoisotopic (exact) mass is 479 g/mol. The van der Waals surface area contributed by atoms with Crippen molar-refractivity contribution in [2.24, 2.45) is 0 Å². The minimum atomic E-state index is -4.84. The molecule has 1 aliphatic heterocycles. The van der Waals surface area contributed by atoms with Gasteiger partial charge < -0.3 is 9.30 Å². The normalized spacial score (nSPS) is 15.0. The smallest absolute Gasteiger partial charge is 0.332 e. The number of imidazole rings is 1. The largest absolute Gasteiger partial charge is 0.471 e. The fourth-order valence-electron chi connectivity index (χ4n) is 4.39. The fraction of sp³-hybridized carbons (Fsp3) is 0.269. The summed E-state index contributed by atoms with van der Waals surface area (Å²) in [7, 11) is 0. The Morgan fingerprint density at radius 2 is 1.66 bits per heavy atom. The van der Waals surface area contributed by atoms with Gasteiger partial charge in [0.05, 0.1) is 11.4 Å². The molecule has 4 aromatic rings. The summed E-state index contributed by atoms with van der Waals surface area (Å²) >= 11 is 0. The number of hydrogen-bond donors (Lipinski definition) is 0. The van der Waals surface area contributed by atoms with Crippen molar-refractivity contribution < 1.29 is 18.0 Å². The van der Waals surface area contributed by atoms with Crippen LogP contribution in [-0.4, -0.2) is 62.4 Å². The predicted octanol–water partition coefficient (Wildman–Crippen LogP) is 4.58. The summed E-state index contributed by atoms with van der Waals surface area (Å²) in [5.74, 6) is -1.77. The second kappa shape index (κ2) is 9.14. The van der Waals surface area contributed by atoms with Crippen molar-refractivity contribution in [1.29, 1.82) is 0 Å². The highest BCUT2D eigenvalue weighted by molar-refractivity contribution is 5.82. The Morgan fingerprint density at radius 1 is 0.943 bits per heavy atom. The zero-order valence-electron chi connectivity index (χ0n) is 19.2. The van der Waals surface area contributed by atoms with Crippen LogP contribution >= 0.6 is 0 Å². The van der Waals surface area contributed by atoms with Gasteiger partial charge in [-0.2, -0.15) is 13.2 Å². The predicted molar refractivity (Wildman–Crippen MR) is 127 cm³/mol. The molecular weight excluding hydrogens is 455 g/mol. The third kappa shape index (κ3) is 4.77. The number of amides is 1. The first-order chi connectivity index (χ1) is 16.8. The first-order valence-electron chi connectivity index (χ1n) is 11.4. The molecule has 0 atom stereocenters. The number of fused-ring (bicyclic) bond motifs is 1. The lowest BCUT2D eigenvalue weighted by atomic mass is 10.1. The zero-order valence-corrected chi connectivity index (χ0v) is 19.2. The summed E-state index contributed by atoms with van der Waals surface area (Å²) in [5, 5.41) is 0. The summed E-state index contributed by atoms with van der Waals surface area (Å²) in [4.78, 5) is 23.7. The fourth-order valence-corrected chi connectivity index (χ4v) is 4.39. The lowest BCUT2D eigenvalue weighted by molar-refractivity contribution is -0.187. The maximum Gasteiger partial charge on any atom is 0.471 e. The Morgan fingerprint density at radius 3 is 2.31 bits per heavy atom. The Hall–Kier alpha value is -3.72. The maximum atomic E-state index is 12.8. The van der Waals surface area contributed by atoms with Gasteiger partial charge >= 0.3 is 12.1 Å². The zero-order chi connectivity index (χ0) is 24.6. The van der Waals surface area contributed by atoms with Crippen LogP contribution in [0.1, 0.15) is 11.3 Å². The van der Waals surface area contributed by atoms with Crippen LogP contribution in [0.3, 0.4) is 0 Å². The van der Waals surface area contributed by atoms with Crippen molar-refractivity contribution in [3.05, 3.63) is 78.4 Å². The first kappa shape index (κ1) is 23.0. The Bertz CT molecular complexity index is 1340. The lowest BCUT2D eigenvalue weighted by Gasteiger charge is -2.35. The number of rotatable bonds is 4. The third-order valence-corrected chi connectivity index (χ3v) is 6.31. The average molecular weight is 480 g/mol. The Kier molecular flexibility index (Phi) is 6.02. The Balaban J connectivity index is 1.49. The molecule has 35 heavy (non-hydrogen) atoms. The van der Waals surface area contributed by atoms with Crippen molar-refractivity contribution in [3.63, 3.8) is 0 Å². The van der Waals surface area contributed by atoms with E-state index in [9.17, 15) is 18.0 Å². The van der Waals surface area contributed by atoms with Gasteiger partial charge in [-0.25, -0.2) is 4.98 Å². The van der Waals surface area contributed by atoms with E-state index in [2.05, 4.69) is 9.88 Å². The van der Waals surface area contributed by atoms with Crippen LogP contribution in [-0.2, 0) is 11.3 Å². The summed E-state index contributed by atoms with van der Waals surface area (Å²) in [5.41, 5.74) is 6.65. The molecule has 0 bridgehead atoms. The van der Waals surface area contributed by atoms with E-state index in [0.717, 1.165) is 44.2 Å². The molecule has 0 radical (unpaired) electrons. The van der Waals surface area contributed by atoms with E-state index in [1.54, 1.807) is 12.4 Å². The number of carbonyl (C=O) groups is 1. The number of aromatic nitrogens is 3. The summed E-state index contributed by atoms with van der Waals surface area (Å²) in [6.45, 7) is 3.30. The third-order valence-electron chi connectivity index (χ3n) is 6.31. The minimum absolute atomic E-state index is 0.0376. The van der Waals surface area contributed by atoms with E-state index in [1.807, 2.05) is 66.1 Å². The second-order valence-electron chi connectivity index (χ2n) is 8.73. The van der Waals surface area contributed by atoms with Crippen LogP contribution in [0.5, 0.6) is 0 Å². The van der Waals surface area contributed by atoms with Crippen LogP contribution in [0.4, 0.5) is 13.2 Å². The van der Waals surface area contributed by atoms with Crippen LogP contribution in [0.15, 0.2) is 67.1 Å². The van der Waals surface area contributed by atoms with Gasteiger partial charge in [-0.3, -0.25) is 14.7 Å². The molecule has 0 saturated carbocycles. The number of benzene rings is 1. The Labute approximate surface area is 200 Å². The topological polar surface area (TPSA) is 53.7 Å². The van der Waals surface area contributed by atoms with Crippen molar-refractivity contribution in [2.75, 3.05) is 26.2 Å². The van der Waals surface area contributed by atoms with Crippen LogP contribution < -0.4 is 0 Å². The average Bonchev–Trinajstić information content (AvgIpc) is 3.22. The lowest BCUT2D eigenvalue weighted by Crippen LogP contribution is -2.52. The van der Waals surface area contributed by atoms with Crippen molar-refractivity contribution in [2.45, 2.75) is 19.6 Å². The molecule has 3 aromatic heterocycles. The highest BCUT2D eigenvalue weighted by atomic mass is 19.4. The summed E-state index contributed by atoms with van der Waals surface area (Å²) < 4.78 is 40.6. The van der Waals surface area contributed by atoms with E-state index in [1.165, 1.54) is 0 Å². The number of pyridine rings is 2. The van der Waals surface area contributed by atoms with E-state index in [0.29, 0.717) is 19.6 Å². The van der Waals surface area contributed by atoms with Crippen molar-refractivity contribution in [3.8, 4) is 22.4 Å². The highest BCUT2D eigenvalue weighted by Crippen LogP contribution is 2.29. The molecule has 1 aliphatic rings. The van der Waals surface area contributed by atoms with Crippen LogP contribution in [0, 0.1) is 6.92 Å². The van der Waals surface area contributed by atoms with Gasteiger partial charge in [-0.05, 0) is 25.1 Å². The highest BCUT2D eigenvalue weighted by Gasteiger charge is 2.43. The minimum Gasteiger partial charge on any atom is -0.332 e. The van der Waals surface area contributed by atoms with Gasteiger partial charge in [0.15, 0.2) is 0 Å². The number of piperazine rings is 1. The van der Waals surface area contributed by atoms with Crippen molar-refractivity contribution in [1.82, 2.24) is 24.2 Å². The van der Waals surface area contributed by atoms with Crippen LogP contribution in [0.25, 0.3) is 28.0 Å². The SMILES string of the molecule is Cc1ccc(-c2nc3ccc(-c4cccnc4)cn3c2CN2CCN(C(=O)C(F)(F)F)CC2)cc1. The summed E-state index contributed by atoms with van der Waals surface area (Å²) in [6.07, 6.45) is 0.708. The van der Waals surface area contributed by atoms with Crippen molar-refractivity contribution >= 4 is 11.6 Å². The van der Waals surface area contributed by atoms with E-state index in [-0.39, 0.29) is 13.1 Å². The summed E-state index contributed by atoms with van der Waals surface area (Å²) in [6, 6.07) is 16.0. The quantitative estimate of drug-likeness (QED) is 0.430.